The monoisotopic (exact) mass is 350 g/mol. The average molecular weight is 350 g/mol. The van der Waals surface area contributed by atoms with Gasteiger partial charge >= 0.3 is 5.97 Å². The van der Waals surface area contributed by atoms with E-state index in [4.69, 9.17) is 0 Å². The van der Waals surface area contributed by atoms with Crippen LogP contribution in [0, 0.1) is 0 Å². The van der Waals surface area contributed by atoms with Gasteiger partial charge in [-0.05, 0) is 12.1 Å². The van der Waals surface area contributed by atoms with Crippen LogP contribution in [0.4, 0.5) is 0 Å². The van der Waals surface area contributed by atoms with Crippen molar-refractivity contribution in [1.29, 1.82) is 0 Å². The van der Waals surface area contributed by atoms with Crippen LogP contribution < -0.4 is 5.56 Å². The number of nitrogens with zero attached hydrogens (tertiary/aromatic N) is 1. The minimum Gasteiger partial charge on any atom is -0.464 e. The summed E-state index contributed by atoms with van der Waals surface area (Å²) in [5.41, 5.74) is 1.08. The van der Waals surface area contributed by atoms with Gasteiger partial charge in [0.1, 0.15) is 10.7 Å². The highest BCUT2D eigenvalue weighted by molar-refractivity contribution is 14.1. The van der Waals surface area contributed by atoms with Crippen LogP contribution in [-0.4, -0.2) is 20.6 Å². The SMILES string of the molecule is COC(=O)C1=Cc2ccc(=O)[nH]c2SN1I. The molecule has 84 valence electrons. The minimum atomic E-state index is -0.404. The van der Waals surface area contributed by atoms with Gasteiger partial charge in [0.15, 0.2) is 0 Å². The molecule has 0 amide bonds. The molecule has 0 aliphatic carbocycles. The van der Waals surface area contributed by atoms with Crippen molar-refractivity contribution in [2.75, 3.05) is 7.11 Å². The van der Waals surface area contributed by atoms with Crippen molar-refractivity contribution in [3.63, 3.8) is 0 Å². The van der Waals surface area contributed by atoms with Gasteiger partial charge in [-0.1, -0.05) is 0 Å². The number of fused-ring (bicyclic) bond motifs is 1. The van der Waals surface area contributed by atoms with Gasteiger partial charge in [0.05, 0.1) is 30.0 Å². The maximum Gasteiger partial charge on any atom is 0.356 e. The molecule has 1 aliphatic heterocycles. The van der Waals surface area contributed by atoms with Gasteiger partial charge in [-0.15, -0.1) is 0 Å². The number of nitrogens with one attached hydrogen (secondary N) is 1. The number of pyridine rings is 1. The van der Waals surface area contributed by atoms with E-state index in [0.717, 1.165) is 10.6 Å². The highest BCUT2D eigenvalue weighted by Crippen LogP contribution is 2.37. The lowest BCUT2D eigenvalue weighted by Gasteiger charge is -2.21. The summed E-state index contributed by atoms with van der Waals surface area (Å²) in [6.45, 7) is 0. The van der Waals surface area contributed by atoms with E-state index in [9.17, 15) is 9.59 Å². The molecule has 0 bridgehead atoms. The van der Waals surface area contributed by atoms with E-state index in [1.807, 2.05) is 22.9 Å². The first-order valence-corrected chi connectivity index (χ1v) is 6.03. The quantitative estimate of drug-likeness (QED) is 0.361. The number of halogens is 1. The van der Waals surface area contributed by atoms with Gasteiger partial charge in [-0.2, -0.15) is 0 Å². The molecule has 0 saturated carbocycles. The Kier molecular flexibility index (Phi) is 3.24. The number of esters is 1. The maximum atomic E-state index is 11.4. The predicted octanol–water partition coefficient (Wildman–Crippen LogP) is 1.56. The van der Waals surface area contributed by atoms with E-state index in [1.165, 1.54) is 25.1 Å². The fraction of sp³-hybridized carbons (Fsp3) is 0.111. The van der Waals surface area contributed by atoms with Gasteiger partial charge in [0.2, 0.25) is 5.56 Å². The molecule has 2 heterocycles. The molecule has 0 unspecified atom stereocenters. The Hall–Kier alpha value is -0.960. The number of hydrogen-bond donors (Lipinski definition) is 1. The Morgan fingerprint density at radius 2 is 2.31 bits per heavy atom. The van der Waals surface area contributed by atoms with Crippen molar-refractivity contribution in [2.24, 2.45) is 0 Å². The molecular weight excluding hydrogens is 343 g/mol. The van der Waals surface area contributed by atoms with Gasteiger partial charge in [-0.3, -0.25) is 4.79 Å². The summed E-state index contributed by atoms with van der Waals surface area (Å²) in [5.74, 6) is -0.404. The van der Waals surface area contributed by atoms with Crippen molar-refractivity contribution in [3.05, 3.63) is 33.7 Å². The molecule has 0 fully saturated rings. The number of aromatic nitrogens is 1. The Labute approximate surface area is 109 Å². The fourth-order valence-electron chi connectivity index (χ4n) is 1.22. The molecule has 2 rings (SSSR count). The van der Waals surface area contributed by atoms with Crippen LogP contribution in [-0.2, 0) is 9.53 Å². The molecule has 16 heavy (non-hydrogen) atoms. The van der Waals surface area contributed by atoms with E-state index < -0.39 is 5.97 Å². The average Bonchev–Trinajstić information content (AvgIpc) is 2.27. The lowest BCUT2D eigenvalue weighted by molar-refractivity contribution is -0.136. The first kappa shape index (κ1) is 11.5. The molecule has 1 aromatic heterocycles. The van der Waals surface area contributed by atoms with E-state index in [-0.39, 0.29) is 5.56 Å². The number of aromatic amines is 1. The summed E-state index contributed by atoms with van der Waals surface area (Å²) < 4.78 is 6.29. The number of H-pyrrole nitrogens is 1. The minimum absolute atomic E-state index is 0.161. The Balaban J connectivity index is 2.48. The standard InChI is InChI=1S/C9H7IN2O3S/c1-15-9(14)6-4-5-2-3-7(13)11-8(5)16-12(6)10/h2-4H,1H3,(H,11,13). The number of carbonyl (C=O) groups excluding carboxylic acids is 1. The van der Waals surface area contributed by atoms with E-state index >= 15 is 0 Å². The Bertz CT molecular complexity index is 526. The topological polar surface area (TPSA) is 62.4 Å². The van der Waals surface area contributed by atoms with Crippen LogP contribution in [0.15, 0.2) is 27.7 Å². The van der Waals surface area contributed by atoms with Crippen LogP contribution in [0.1, 0.15) is 5.56 Å². The molecule has 5 nitrogen and oxygen atoms in total. The maximum absolute atomic E-state index is 11.4. The van der Waals surface area contributed by atoms with E-state index in [0.29, 0.717) is 5.70 Å². The molecule has 0 spiro atoms. The summed E-state index contributed by atoms with van der Waals surface area (Å²) in [5, 5.41) is 0.717. The third-order valence-corrected chi connectivity index (χ3v) is 3.95. The summed E-state index contributed by atoms with van der Waals surface area (Å²) >= 11 is 3.24. The molecular formula is C9H7IN2O3S. The Morgan fingerprint density at radius 3 is 3.00 bits per heavy atom. The summed E-state index contributed by atoms with van der Waals surface area (Å²) in [7, 11) is 1.33. The second-order valence-electron chi connectivity index (χ2n) is 2.96. The molecule has 0 aromatic carbocycles. The first-order chi connectivity index (χ1) is 7.61. The van der Waals surface area contributed by atoms with Crippen molar-refractivity contribution in [1.82, 2.24) is 7.50 Å². The number of carbonyl (C=O) groups is 1. The second kappa shape index (κ2) is 4.50. The third kappa shape index (κ3) is 2.09. The van der Waals surface area contributed by atoms with Crippen LogP contribution in [0.2, 0.25) is 0 Å². The van der Waals surface area contributed by atoms with Crippen molar-refractivity contribution < 1.29 is 9.53 Å². The van der Waals surface area contributed by atoms with Crippen molar-refractivity contribution in [2.45, 2.75) is 5.03 Å². The largest absolute Gasteiger partial charge is 0.464 e. The number of methoxy groups -OCH3 is 1. The molecule has 7 heteroatoms. The Morgan fingerprint density at radius 1 is 1.56 bits per heavy atom. The van der Waals surface area contributed by atoms with Crippen LogP contribution >= 0.6 is 34.8 Å². The van der Waals surface area contributed by atoms with E-state index in [1.54, 1.807) is 14.7 Å². The highest BCUT2D eigenvalue weighted by atomic mass is 127. The lowest BCUT2D eigenvalue weighted by atomic mass is 10.2. The van der Waals surface area contributed by atoms with Crippen LogP contribution in [0.3, 0.4) is 0 Å². The molecule has 1 aliphatic rings. The normalized spacial score (nSPS) is 14.1. The number of hydrogen-bond acceptors (Lipinski definition) is 5. The molecule has 0 atom stereocenters. The lowest BCUT2D eigenvalue weighted by Crippen LogP contribution is -2.18. The number of ether oxygens (including phenoxy) is 1. The van der Waals surface area contributed by atoms with E-state index in [2.05, 4.69) is 9.72 Å². The summed E-state index contributed by atoms with van der Waals surface area (Å²) in [6, 6.07) is 3.10. The predicted molar refractivity (Wildman–Crippen MR) is 68.8 cm³/mol. The van der Waals surface area contributed by atoms with Crippen molar-refractivity contribution >= 4 is 46.9 Å². The van der Waals surface area contributed by atoms with Crippen LogP contribution in [0.5, 0.6) is 0 Å². The van der Waals surface area contributed by atoms with Gasteiger partial charge < -0.3 is 9.72 Å². The molecule has 1 aromatic rings. The molecule has 1 N–H and O–H groups in total. The smallest absolute Gasteiger partial charge is 0.356 e. The summed E-state index contributed by atoms with van der Waals surface area (Å²) in [6.07, 6.45) is 1.68. The fourth-order valence-corrected chi connectivity index (χ4v) is 2.91. The highest BCUT2D eigenvalue weighted by Gasteiger charge is 2.23. The molecule has 0 radical (unpaired) electrons. The van der Waals surface area contributed by atoms with Gasteiger partial charge in [0, 0.05) is 23.6 Å². The second-order valence-corrected chi connectivity index (χ2v) is 5.54. The summed E-state index contributed by atoms with van der Waals surface area (Å²) in [4.78, 5) is 25.2. The molecule has 0 saturated heterocycles. The first-order valence-electron chi connectivity index (χ1n) is 4.29. The van der Waals surface area contributed by atoms with Gasteiger partial charge in [0.25, 0.3) is 0 Å². The van der Waals surface area contributed by atoms with Crippen LogP contribution in [0.25, 0.3) is 6.08 Å². The van der Waals surface area contributed by atoms with Crippen molar-refractivity contribution in [3.8, 4) is 0 Å². The van der Waals surface area contributed by atoms with Gasteiger partial charge in [-0.25, -0.2) is 7.31 Å². The zero-order valence-electron chi connectivity index (χ0n) is 8.19. The third-order valence-electron chi connectivity index (χ3n) is 1.96. The zero-order chi connectivity index (χ0) is 11.7. The zero-order valence-corrected chi connectivity index (χ0v) is 11.2. The number of rotatable bonds is 1.